The van der Waals surface area contributed by atoms with Crippen LogP contribution < -0.4 is 0 Å². The van der Waals surface area contributed by atoms with E-state index in [0.29, 0.717) is 11.8 Å². The molecule has 0 saturated heterocycles. The second-order valence-electron chi connectivity index (χ2n) is 5.07. The van der Waals surface area contributed by atoms with Gasteiger partial charge in [-0.2, -0.15) is 0 Å². The van der Waals surface area contributed by atoms with Crippen molar-refractivity contribution in [2.75, 3.05) is 0 Å². The molecule has 0 aromatic carbocycles. The lowest BCUT2D eigenvalue weighted by molar-refractivity contribution is 0.124. The van der Waals surface area contributed by atoms with Crippen molar-refractivity contribution < 1.29 is 10.2 Å². The molecule has 0 aliphatic heterocycles. The first kappa shape index (κ1) is 14.9. The van der Waals surface area contributed by atoms with Crippen molar-refractivity contribution >= 4 is 0 Å². The minimum atomic E-state index is -0.179. The van der Waals surface area contributed by atoms with Crippen molar-refractivity contribution in [2.45, 2.75) is 72.0 Å². The molecule has 0 aromatic heterocycles. The SMILES string of the molecule is CC(O)C(C)CCCCCC(C)C(C)O. The molecule has 0 radical (unpaired) electrons. The fourth-order valence-corrected chi connectivity index (χ4v) is 1.59. The standard InChI is InChI=1S/C13H28O2/c1-10(12(3)14)8-6-5-7-9-11(2)13(4)15/h10-15H,5-9H2,1-4H3. The van der Waals surface area contributed by atoms with Crippen molar-refractivity contribution in [3.8, 4) is 0 Å². The molecule has 0 heterocycles. The molecule has 2 nitrogen and oxygen atoms in total. The van der Waals surface area contributed by atoms with Gasteiger partial charge in [0, 0.05) is 0 Å². The van der Waals surface area contributed by atoms with E-state index in [4.69, 9.17) is 0 Å². The molecule has 15 heavy (non-hydrogen) atoms. The van der Waals surface area contributed by atoms with E-state index in [1.807, 2.05) is 13.8 Å². The third kappa shape index (κ3) is 7.80. The Labute approximate surface area is 94.7 Å². The molecule has 0 aliphatic carbocycles. The average Bonchev–Trinajstić information content (AvgIpc) is 2.16. The lowest BCUT2D eigenvalue weighted by atomic mass is 9.95. The number of unbranched alkanes of at least 4 members (excludes halogenated alkanes) is 2. The van der Waals surface area contributed by atoms with E-state index in [0.717, 1.165) is 12.8 Å². The van der Waals surface area contributed by atoms with Crippen LogP contribution in [0.1, 0.15) is 59.8 Å². The third-order valence-corrected chi connectivity index (χ3v) is 3.47. The van der Waals surface area contributed by atoms with Gasteiger partial charge in [0.2, 0.25) is 0 Å². The van der Waals surface area contributed by atoms with Gasteiger partial charge >= 0.3 is 0 Å². The van der Waals surface area contributed by atoms with E-state index in [1.165, 1.54) is 19.3 Å². The van der Waals surface area contributed by atoms with E-state index in [-0.39, 0.29) is 12.2 Å². The molecule has 4 unspecified atom stereocenters. The zero-order valence-electron chi connectivity index (χ0n) is 10.7. The third-order valence-electron chi connectivity index (χ3n) is 3.47. The Morgan fingerprint density at radius 3 is 1.27 bits per heavy atom. The highest BCUT2D eigenvalue weighted by Gasteiger charge is 2.09. The van der Waals surface area contributed by atoms with Gasteiger partial charge in [0.15, 0.2) is 0 Å². The summed E-state index contributed by atoms with van der Waals surface area (Å²) in [5, 5.41) is 18.6. The van der Waals surface area contributed by atoms with E-state index < -0.39 is 0 Å². The quantitative estimate of drug-likeness (QED) is 0.612. The van der Waals surface area contributed by atoms with Crippen molar-refractivity contribution in [3.63, 3.8) is 0 Å². The fraction of sp³-hybridized carbons (Fsp3) is 1.00. The molecule has 0 aromatic rings. The predicted molar refractivity (Wildman–Crippen MR) is 64.8 cm³/mol. The zero-order chi connectivity index (χ0) is 11.8. The van der Waals surface area contributed by atoms with Crippen LogP contribution in [0.2, 0.25) is 0 Å². The highest BCUT2D eigenvalue weighted by Crippen LogP contribution is 2.17. The van der Waals surface area contributed by atoms with Gasteiger partial charge in [0.25, 0.3) is 0 Å². The van der Waals surface area contributed by atoms with Gasteiger partial charge in [0.05, 0.1) is 12.2 Å². The number of hydrogen-bond donors (Lipinski definition) is 2. The normalized spacial score (nSPS) is 19.6. The first-order chi connectivity index (χ1) is 6.95. The Hall–Kier alpha value is -0.0800. The molecule has 0 saturated carbocycles. The van der Waals surface area contributed by atoms with Crippen molar-refractivity contribution in [2.24, 2.45) is 11.8 Å². The van der Waals surface area contributed by atoms with Crippen molar-refractivity contribution in [3.05, 3.63) is 0 Å². The highest BCUT2D eigenvalue weighted by molar-refractivity contribution is 4.61. The number of hydrogen-bond acceptors (Lipinski definition) is 2. The Kier molecular flexibility index (Phi) is 8.07. The van der Waals surface area contributed by atoms with Gasteiger partial charge < -0.3 is 10.2 Å². The summed E-state index contributed by atoms with van der Waals surface area (Å²) in [6.45, 7) is 7.92. The van der Waals surface area contributed by atoms with Crippen LogP contribution in [0.25, 0.3) is 0 Å². The number of rotatable bonds is 8. The topological polar surface area (TPSA) is 40.5 Å². The molecular formula is C13H28O2. The van der Waals surface area contributed by atoms with Crippen LogP contribution in [0.15, 0.2) is 0 Å². The largest absolute Gasteiger partial charge is 0.393 e. The zero-order valence-corrected chi connectivity index (χ0v) is 10.7. The predicted octanol–water partition coefficient (Wildman–Crippen LogP) is 2.97. The van der Waals surface area contributed by atoms with Gasteiger partial charge in [-0.05, 0) is 38.5 Å². The molecule has 2 N–H and O–H groups in total. The lowest BCUT2D eigenvalue weighted by Gasteiger charge is -2.16. The summed E-state index contributed by atoms with van der Waals surface area (Å²) in [6.07, 6.45) is 5.47. The van der Waals surface area contributed by atoms with Crippen LogP contribution in [0, 0.1) is 11.8 Å². The number of aliphatic hydroxyl groups is 2. The first-order valence-electron chi connectivity index (χ1n) is 6.31. The highest BCUT2D eigenvalue weighted by atomic mass is 16.3. The smallest absolute Gasteiger partial charge is 0.0537 e. The van der Waals surface area contributed by atoms with Crippen LogP contribution in [-0.4, -0.2) is 22.4 Å². The van der Waals surface area contributed by atoms with E-state index in [9.17, 15) is 10.2 Å². The van der Waals surface area contributed by atoms with Crippen LogP contribution >= 0.6 is 0 Å². The molecule has 0 spiro atoms. The Balaban J connectivity index is 3.32. The van der Waals surface area contributed by atoms with Gasteiger partial charge in [-0.15, -0.1) is 0 Å². The van der Waals surface area contributed by atoms with Gasteiger partial charge in [-0.25, -0.2) is 0 Å². The molecule has 92 valence electrons. The Morgan fingerprint density at radius 2 is 1.00 bits per heavy atom. The molecule has 0 bridgehead atoms. The Bertz CT molecular complexity index is 127. The van der Waals surface area contributed by atoms with Crippen LogP contribution in [0.3, 0.4) is 0 Å². The van der Waals surface area contributed by atoms with Gasteiger partial charge in [-0.3, -0.25) is 0 Å². The maximum atomic E-state index is 9.31. The first-order valence-corrected chi connectivity index (χ1v) is 6.31. The maximum Gasteiger partial charge on any atom is 0.0537 e. The summed E-state index contributed by atoms with van der Waals surface area (Å²) in [5.74, 6) is 0.832. The summed E-state index contributed by atoms with van der Waals surface area (Å²) in [7, 11) is 0. The number of aliphatic hydroxyl groups excluding tert-OH is 2. The average molecular weight is 216 g/mol. The summed E-state index contributed by atoms with van der Waals surface area (Å²) in [6, 6.07) is 0. The van der Waals surface area contributed by atoms with Crippen LogP contribution in [0.4, 0.5) is 0 Å². The second-order valence-corrected chi connectivity index (χ2v) is 5.07. The molecule has 4 atom stereocenters. The summed E-state index contributed by atoms with van der Waals surface area (Å²) >= 11 is 0. The molecule has 0 amide bonds. The van der Waals surface area contributed by atoms with Gasteiger partial charge in [-0.1, -0.05) is 33.1 Å². The summed E-state index contributed by atoms with van der Waals surface area (Å²) < 4.78 is 0. The Morgan fingerprint density at radius 1 is 0.667 bits per heavy atom. The van der Waals surface area contributed by atoms with E-state index >= 15 is 0 Å². The second kappa shape index (κ2) is 8.12. The fourth-order valence-electron chi connectivity index (χ4n) is 1.59. The maximum absolute atomic E-state index is 9.31. The summed E-state index contributed by atoms with van der Waals surface area (Å²) in [4.78, 5) is 0. The van der Waals surface area contributed by atoms with Crippen molar-refractivity contribution in [1.82, 2.24) is 0 Å². The van der Waals surface area contributed by atoms with Crippen LogP contribution in [-0.2, 0) is 0 Å². The van der Waals surface area contributed by atoms with Crippen molar-refractivity contribution in [1.29, 1.82) is 0 Å². The molecule has 0 aliphatic rings. The molecular weight excluding hydrogens is 188 g/mol. The molecule has 0 rings (SSSR count). The minimum Gasteiger partial charge on any atom is -0.393 e. The lowest BCUT2D eigenvalue weighted by Crippen LogP contribution is -2.13. The summed E-state index contributed by atoms with van der Waals surface area (Å²) in [5.41, 5.74) is 0. The van der Waals surface area contributed by atoms with E-state index in [1.54, 1.807) is 0 Å². The van der Waals surface area contributed by atoms with Crippen LogP contribution in [0.5, 0.6) is 0 Å². The monoisotopic (exact) mass is 216 g/mol. The minimum absolute atomic E-state index is 0.179. The van der Waals surface area contributed by atoms with Gasteiger partial charge in [0.1, 0.15) is 0 Å². The molecule has 0 fully saturated rings. The van der Waals surface area contributed by atoms with E-state index in [2.05, 4.69) is 13.8 Å². The molecule has 2 heteroatoms.